The van der Waals surface area contributed by atoms with E-state index in [-0.39, 0.29) is 5.91 Å². The minimum Gasteiger partial charge on any atom is -0.335 e. The van der Waals surface area contributed by atoms with Crippen LogP contribution in [-0.2, 0) is 24.2 Å². The summed E-state index contributed by atoms with van der Waals surface area (Å²) in [7, 11) is 0. The summed E-state index contributed by atoms with van der Waals surface area (Å²) in [5.74, 6) is -0.0230. The molecular formula is C18H20N4OS. The maximum atomic E-state index is 12.5. The Labute approximate surface area is 144 Å². The van der Waals surface area contributed by atoms with Gasteiger partial charge in [-0.15, -0.1) is 11.3 Å². The van der Waals surface area contributed by atoms with E-state index < -0.39 is 0 Å². The van der Waals surface area contributed by atoms with Crippen molar-refractivity contribution >= 4 is 33.3 Å². The van der Waals surface area contributed by atoms with Crippen molar-refractivity contribution < 1.29 is 4.79 Å². The predicted molar refractivity (Wildman–Crippen MR) is 97.7 cm³/mol. The minimum absolute atomic E-state index is 0.0230. The second kappa shape index (κ2) is 6.37. The molecule has 5 nitrogen and oxygen atoms in total. The number of aryl methyl sites for hydroxylation is 1. The maximum Gasteiger partial charge on any atom is 0.246 e. The van der Waals surface area contributed by atoms with Crippen LogP contribution in [0.4, 0.5) is 5.13 Å². The molecule has 1 aromatic carbocycles. The van der Waals surface area contributed by atoms with Crippen LogP contribution >= 0.6 is 11.3 Å². The molecule has 0 bridgehead atoms. The molecule has 4 rings (SSSR count). The van der Waals surface area contributed by atoms with Crippen LogP contribution in [0.3, 0.4) is 0 Å². The molecule has 1 aliphatic rings. The van der Waals surface area contributed by atoms with Crippen molar-refractivity contribution in [3.8, 4) is 0 Å². The molecule has 1 aliphatic heterocycles. The Balaban J connectivity index is 1.68. The number of rotatable bonds is 3. The second-order valence-corrected chi connectivity index (χ2v) is 6.98. The largest absolute Gasteiger partial charge is 0.335 e. The maximum absolute atomic E-state index is 12.5. The Morgan fingerprint density at radius 1 is 1.33 bits per heavy atom. The molecule has 0 saturated heterocycles. The van der Waals surface area contributed by atoms with E-state index in [1.165, 1.54) is 28.0 Å². The molecule has 6 heteroatoms. The van der Waals surface area contributed by atoms with E-state index in [0.717, 1.165) is 37.1 Å². The van der Waals surface area contributed by atoms with Crippen LogP contribution in [0.25, 0.3) is 10.9 Å². The summed E-state index contributed by atoms with van der Waals surface area (Å²) in [6.45, 7) is 4.20. The number of nitrogens with one attached hydrogen (secondary N) is 2. The van der Waals surface area contributed by atoms with Gasteiger partial charge in [0.25, 0.3) is 0 Å². The molecule has 0 unspecified atom stereocenters. The van der Waals surface area contributed by atoms with Gasteiger partial charge in [0.05, 0.1) is 5.69 Å². The van der Waals surface area contributed by atoms with Crippen molar-refractivity contribution in [2.24, 2.45) is 0 Å². The zero-order valence-corrected chi connectivity index (χ0v) is 14.4. The number of benzene rings is 1. The summed E-state index contributed by atoms with van der Waals surface area (Å²) in [5, 5.41) is 10.2. The molecule has 0 spiro atoms. The normalized spacial score (nSPS) is 14.4. The SMILES string of the molecule is Cc1csc(NC(=O)Cn2c3c(c4ccccc42)CCNCC3)n1. The lowest BCUT2D eigenvalue weighted by Crippen LogP contribution is -2.21. The van der Waals surface area contributed by atoms with Gasteiger partial charge in [-0.05, 0) is 31.5 Å². The van der Waals surface area contributed by atoms with Crippen LogP contribution < -0.4 is 10.6 Å². The molecule has 2 aromatic heterocycles. The third-order valence-corrected chi connectivity index (χ3v) is 5.33. The Hall–Kier alpha value is -2.18. The van der Waals surface area contributed by atoms with E-state index in [4.69, 9.17) is 0 Å². The van der Waals surface area contributed by atoms with Gasteiger partial charge in [0.2, 0.25) is 5.91 Å². The summed E-state index contributed by atoms with van der Waals surface area (Å²) >= 11 is 1.46. The number of fused-ring (bicyclic) bond motifs is 3. The predicted octanol–water partition coefficient (Wildman–Crippen LogP) is 2.73. The number of aromatic nitrogens is 2. The van der Waals surface area contributed by atoms with Crippen molar-refractivity contribution in [3.05, 3.63) is 46.6 Å². The summed E-state index contributed by atoms with van der Waals surface area (Å²) in [5.41, 5.74) is 4.75. The van der Waals surface area contributed by atoms with Crippen LogP contribution in [0.15, 0.2) is 29.6 Å². The lowest BCUT2D eigenvalue weighted by molar-refractivity contribution is -0.116. The Bertz CT molecular complexity index is 896. The van der Waals surface area contributed by atoms with Gasteiger partial charge in [0.15, 0.2) is 5.13 Å². The van der Waals surface area contributed by atoms with E-state index in [1.807, 2.05) is 18.4 Å². The minimum atomic E-state index is -0.0230. The number of carbonyl (C=O) groups is 1. The molecule has 0 fully saturated rings. The van der Waals surface area contributed by atoms with Crippen LogP contribution in [0.2, 0.25) is 0 Å². The number of para-hydroxylation sites is 1. The average molecular weight is 340 g/mol. The molecule has 24 heavy (non-hydrogen) atoms. The van der Waals surface area contributed by atoms with Crippen LogP contribution in [0.5, 0.6) is 0 Å². The fourth-order valence-electron chi connectivity index (χ4n) is 3.43. The number of nitrogens with zero attached hydrogens (tertiary/aromatic N) is 2. The first-order valence-corrected chi connectivity index (χ1v) is 9.12. The quantitative estimate of drug-likeness (QED) is 0.771. The Kier molecular flexibility index (Phi) is 4.08. The zero-order chi connectivity index (χ0) is 16.5. The summed E-state index contributed by atoms with van der Waals surface area (Å²) in [6, 6.07) is 8.39. The van der Waals surface area contributed by atoms with Gasteiger partial charge in [0, 0.05) is 34.9 Å². The second-order valence-electron chi connectivity index (χ2n) is 6.12. The number of carbonyl (C=O) groups excluding carboxylic acids is 1. The Morgan fingerprint density at radius 2 is 2.17 bits per heavy atom. The first-order chi connectivity index (χ1) is 11.7. The number of hydrogen-bond donors (Lipinski definition) is 2. The molecule has 124 valence electrons. The first kappa shape index (κ1) is 15.4. The number of amides is 1. The number of anilines is 1. The van der Waals surface area contributed by atoms with Gasteiger partial charge in [-0.25, -0.2) is 4.98 Å². The standard InChI is InChI=1S/C18H20N4OS/c1-12-11-24-18(20-12)21-17(23)10-22-15-5-3-2-4-13(15)14-6-8-19-9-7-16(14)22/h2-5,11,19H,6-10H2,1H3,(H,20,21,23). The van der Waals surface area contributed by atoms with Gasteiger partial charge in [-0.2, -0.15) is 0 Å². The van der Waals surface area contributed by atoms with Gasteiger partial charge >= 0.3 is 0 Å². The lowest BCUT2D eigenvalue weighted by Gasteiger charge is -2.10. The highest BCUT2D eigenvalue weighted by molar-refractivity contribution is 7.13. The lowest BCUT2D eigenvalue weighted by atomic mass is 10.1. The molecule has 1 amide bonds. The third kappa shape index (κ3) is 2.83. The van der Waals surface area contributed by atoms with Crippen molar-refractivity contribution in [1.29, 1.82) is 0 Å². The van der Waals surface area contributed by atoms with E-state index in [0.29, 0.717) is 11.7 Å². The number of hydrogen-bond acceptors (Lipinski definition) is 4. The highest BCUT2D eigenvalue weighted by Crippen LogP contribution is 2.28. The van der Waals surface area contributed by atoms with Crippen molar-refractivity contribution in [2.45, 2.75) is 26.3 Å². The van der Waals surface area contributed by atoms with Crippen LogP contribution in [0, 0.1) is 6.92 Å². The van der Waals surface area contributed by atoms with Gasteiger partial charge < -0.3 is 15.2 Å². The Morgan fingerprint density at radius 3 is 3.00 bits per heavy atom. The summed E-state index contributed by atoms with van der Waals surface area (Å²) < 4.78 is 2.17. The van der Waals surface area contributed by atoms with Gasteiger partial charge in [-0.3, -0.25) is 4.79 Å². The molecule has 0 saturated carbocycles. The van der Waals surface area contributed by atoms with E-state index in [9.17, 15) is 4.79 Å². The van der Waals surface area contributed by atoms with Gasteiger partial charge in [-0.1, -0.05) is 18.2 Å². The molecule has 2 N–H and O–H groups in total. The zero-order valence-electron chi connectivity index (χ0n) is 13.6. The molecule has 0 atom stereocenters. The molecular weight excluding hydrogens is 320 g/mol. The average Bonchev–Trinajstić information content (AvgIpc) is 3.00. The van der Waals surface area contributed by atoms with E-state index in [1.54, 1.807) is 0 Å². The molecule has 3 aromatic rings. The first-order valence-electron chi connectivity index (χ1n) is 8.24. The van der Waals surface area contributed by atoms with Crippen molar-refractivity contribution in [3.63, 3.8) is 0 Å². The highest BCUT2D eigenvalue weighted by Gasteiger charge is 2.20. The van der Waals surface area contributed by atoms with Crippen molar-refractivity contribution in [1.82, 2.24) is 14.9 Å². The highest BCUT2D eigenvalue weighted by atomic mass is 32.1. The van der Waals surface area contributed by atoms with Crippen molar-refractivity contribution in [2.75, 3.05) is 18.4 Å². The number of thiazole rings is 1. The third-order valence-electron chi connectivity index (χ3n) is 4.45. The fourth-order valence-corrected chi connectivity index (χ4v) is 4.14. The van der Waals surface area contributed by atoms with Crippen LogP contribution in [0.1, 0.15) is 17.0 Å². The summed E-state index contributed by atoms with van der Waals surface area (Å²) in [4.78, 5) is 16.8. The fraction of sp³-hybridized carbons (Fsp3) is 0.333. The monoisotopic (exact) mass is 340 g/mol. The summed E-state index contributed by atoms with van der Waals surface area (Å²) in [6.07, 6.45) is 1.96. The van der Waals surface area contributed by atoms with Gasteiger partial charge in [0.1, 0.15) is 6.54 Å². The van der Waals surface area contributed by atoms with E-state index in [2.05, 4.69) is 38.4 Å². The van der Waals surface area contributed by atoms with E-state index >= 15 is 0 Å². The molecule has 0 aliphatic carbocycles. The molecule has 0 radical (unpaired) electrons. The van der Waals surface area contributed by atoms with Crippen LogP contribution in [-0.4, -0.2) is 28.5 Å². The smallest absolute Gasteiger partial charge is 0.246 e. The molecule has 3 heterocycles. The topological polar surface area (TPSA) is 59.0 Å².